The van der Waals surface area contributed by atoms with E-state index < -0.39 is 10.0 Å². The van der Waals surface area contributed by atoms with Crippen LogP contribution in [-0.4, -0.2) is 37.9 Å². The average molecular weight is 406 g/mol. The zero-order valence-electron chi connectivity index (χ0n) is 11.6. The molecule has 0 spiro atoms. The lowest BCUT2D eigenvalue weighted by molar-refractivity contribution is 0.334. The number of benzene rings is 1. The third kappa shape index (κ3) is 3.22. The molecule has 2 aliphatic rings. The smallest absolute Gasteiger partial charge is 0.246 e. The minimum Gasteiger partial charge on any atom is -0.315 e. The van der Waals surface area contributed by atoms with E-state index in [0.717, 1.165) is 25.8 Å². The molecule has 0 amide bonds. The van der Waals surface area contributed by atoms with Gasteiger partial charge in [-0.2, -0.15) is 4.31 Å². The third-order valence-electron chi connectivity index (χ3n) is 4.09. The van der Waals surface area contributed by atoms with Crippen LogP contribution in [0.15, 0.2) is 17.0 Å². The Hall–Kier alpha value is 0.250. The number of hydrogen-bond donors (Lipinski definition) is 1. The molecule has 2 fully saturated rings. The lowest BCUT2D eigenvalue weighted by Gasteiger charge is -2.27. The molecule has 2 heterocycles. The number of nitrogens with one attached hydrogen (secondary N) is 1. The van der Waals surface area contributed by atoms with Gasteiger partial charge in [0, 0.05) is 23.7 Å². The number of rotatable bonds is 2. The Balaban J connectivity index is 0.00000176. The molecule has 22 heavy (non-hydrogen) atoms. The van der Waals surface area contributed by atoms with E-state index in [1.807, 2.05) is 0 Å². The van der Waals surface area contributed by atoms with Crippen molar-refractivity contribution in [1.82, 2.24) is 9.62 Å². The van der Waals surface area contributed by atoms with Crippen molar-refractivity contribution in [2.45, 2.75) is 36.2 Å². The molecule has 0 aromatic heterocycles. The van der Waals surface area contributed by atoms with Crippen LogP contribution in [0.4, 0.5) is 0 Å². The first kappa shape index (κ1) is 18.6. The van der Waals surface area contributed by atoms with Crippen LogP contribution in [0.3, 0.4) is 0 Å². The molecule has 2 saturated heterocycles. The summed E-state index contributed by atoms with van der Waals surface area (Å²) in [6.45, 7) is 1.49. The summed E-state index contributed by atoms with van der Waals surface area (Å²) in [5.74, 6) is 0. The number of nitrogens with zero attached hydrogens (tertiary/aromatic N) is 1. The van der Waals surface area contributed by atoms with E-state index in [9.17, 15) is 8.42 Å². The fraction of sp³-hybridized carbons (Fsp3) is 0.538. The molecule has 2 bridgehead atoms. The van der Waals surface area contributed by atoms with Gasteiger partial charge < -0.3 is 5.32 Å². The van der Waals surface area contributed by atoms with Gasteiger partial charge in [0.2, 0.25) is 10.0 Å². The van der Waals surface area contributed by atoms with Crippen molar-refractivity contribution in [3.8, 4) is 0 Å². The van der Waals surface area contributed by atoms with E-state index in [1.165, 1.54) is 12.1 Å². The SMILES string of the molecule is Cl.O=S(=O)(c1c(Cl)cc(Cl)cc1Cl)N1C2CCNCC1CC2. The van der Waals surface area contributed by atoms with Crippen molar-refractivity contribution in [1.29, 1.82) is 0 Å². The van der Waals surface area contributed by atoms with Crippen LogP contribution < -0.4 is 5.32 Å². The van der Waals surface area contributed by atoms with Crippen molar-refractivity contribution in [3.05, 3.63) is 27.2 Å². The lowest BCUT2D eigenvalue weighted by Crippen LogP contribution is -2.42. The molecule has 1 aromatic rings. The van der Waals surface area contributed by atoms with E-state index in [0.29, 0.717) is 11.6 Å². The van der Waals surface area contributed by atoms with Crippen molar-refractivity contribution in [2.24, 2.45) is 0 Å². The molecule has 1 aromatic carbocycles. The second-order valence-electron chi connectivity index (χ2n) is 5.41. The zero-order valence-corrected chi connectivity index (χ0v) is 15.5. The van der Waals surface area contributed by atoms with Crippen molar-refractivity contribution < 1.29 is 8.42 Å². The van der Waals surface area contributed by atoms with Gasteiger partial charge in [0.1, 0.15) is 4.90 Å². The van der Waals surface area contributed by atoms with Crippen molar-refractivity contribution in [2.75, 3.05) is 13.1 Å². The number of hydrogen-bond acceptors (Lipinski definition) is 3. The molecule has 2 unspecified atom stereocenters. The monoisotopic (exact) mass is 404 g/mol. The van der Waals surface area contributed by atoms with Gasteiger partial charge in [-0.05, 0) is 37.9 Å². The van der Waals surface area contributed by atoms with Gasteiger partial charge in [-0.1, -0.05) is 34.8 Å². The summed E-state index contributed by atoms with van der Waals surface area (Å²) in [5, 5.41) is 3.75. The van der Waals surface area contributed by atoms with Gasteiger partial charge in [-0.3, -0.25) is 0 Å². The van der Waals surface area contributed by atoms with Gasteiger partial charge in [0.15, 0.2) is 0 Å². The Bertz CT molecular complexity index is 631. The Kier molecular flexibility index (Phi) is 5.92. The minimum atomic E-state index is -3.73. The summed E-state index contributed by atoms with van der Waals surface area (Å²) in [7, 11) is -3.73. The Labute approximate surface area is 151 Å². The van der Waals surface area contributed by atoms with Gasteiger partial charge >= 0.3 is 0 Å². The van der Waals surface area contributed by atoms with Gasteiger partial charge in [0.25, 0.3) is 0 Å². The molecule has 2 aliphatic heterocycles. The predicted octanol–water partition coefficient (Wildman–Crippen LogP) is 3.58. The third-order valence-corrected chi connectivity index (χ3v) is 7.23. The quantitative estimate of drug-likeness (QED) is 0.817. The second-order valence-corrected chi connectivity index (χ2v) is 8.44. The van der Waals surface area contributed by atoms with Gasteiger partial charge in [-0.25, -0.2) is 8.42 Å². The van der Waals surface area contributed by atoms with E-state index in [-0.39, 0.29) is 39.4 Å². The summed E-state index contributed by atoms with van der Waals surface area (Å²) < 4.78 is 27.7. The summed E-state index contributed by atoms with van der Waals surface area (Å²) in [6.07, 6.45) is 2.55. The molecule has 0 aliphatic carbocycles. The Morgan fingerprint density at radius 2 is 1.64 bits per heavy atom. The summed E-state index contributed by atoms with van der Waals surface area (Å²) in [4.78, 5) is -0.0333. The molecule has 3 rings (SSSR count). The highest BCUT2D eigenvalue weighted by molar-refractivity contribution is 7.89. The predicted molar refractivity (Wildman–Crippen MR) is 92.0 cm³/mol. The highest BCUT2D eigenvalue weighted by Crippen LogP contribution is 2.39. The zero-order chi connectivity index (χ0) is 15.2. The van der Waals surface area contributed by atoms with Crippen LogP contribution in [-0.2, 0) is 10.0 Å². The van der Waals surface area contributed by atoms with Crippen LogP contribution >= 0.6 is 47.2 Å². The average Bonchev–Trinajstić information content (AvgIpc) is 2.61. The fourth-order valence-corrected chi connectivity index (χ4v) is 6.61. The highest BCUT2D eigenvalue weighted by atomic mass is 35.5. The maximum atomic E-state index is 13.0. The number of halogens is 4. The molecule has 124 valence electrons. The highest BCUT2D eigenvalue weighted by Gasteiger charge is 2.44. The molecule has 0 saturated carbocycles. The number of sulfonamides is 1. The first-order valence-electron chi connectivity index (χ1n) is 6.80. The fourth-order valence-electron chi connectivity index (χ4n) is 3.21. The number of fused-ring (bicyclic) bond motifs is 2. The van der Waals surface area contributed by atoms with Gasteiger partial charge in [-0.15, -0.1) is 12.4 Å². The summed E-state index contributed by atoms with van der Waals surface area (Å²) >= 11 is 18.1. The normalized spacial score (nSPS) is 25.6. The maximum Gasteiger partial charge on any atom is 0.246 e. The summed E-state index contributed by atoms with van der Waals surface area (Å²) in [6, 6.07) is 2.81. The van der Waals surface area contributed by atoms with Crippen LogP contribution in [0.5, 0.6) is 0 Å². The Morgan fingerprint density at radius 3 is 2.27 bits per heavy atom. The lowest BCUT2D eigenvalue weighted by atomic mass is 10.1. The molecule has 1 N–H and O–H groups in total. The molecule has 2 atom stereocenters. The molecular weight excluding hydrogens is 390 g/mol. The molecule has 4 nitrogen and oxygen atoms in total. The topological polar surface area (TPSA) is 49.4 Å². The second kappa shape index (κ2) is 7.01. The standard InChI is InChI=1S/C13H15Cl3N2O2S.ClH/c14-8-5-11(15)13(12(16)6-8)21(19,20)18-9-1-2-10(18)7-17-4-3-9;/h5-6,9-10,17H,1-4,7H2;1H. The Morgan fingerprint density at radius 1 is 1.05 bits per heavy atom. The van der Waals surface area contributed by atoms with Crippen LogP contribution in [0.25, 0.3) is 0 Å². The van der Waals surface area contributed by atoms with Gasteiger partial charge in [0.05, 0.1) is 10.0 Å². The summed E-state index contributed by atoms with van der Waals surface area (Å²) in [5.41, 5.74) is 0. The molecule has 9 heteroatoms. The van der Waals surface area contributed by atoms with Crippen LogP contribution in [0.2, 0.25) is 15.1 Å². The van der Waals surface area contributed by atoms with Crippen LogP contribution in [0.1, 0.15) is 19.3 Å². The molecule has 0 radical (unpaired) electrons. The largest absolute Gasteiger partial charge is 0.315 e. The maximum absolute atomic E-state index is 13.0. The van der Waals surface area contributed by atoms with Crippen molar-refractivity contribution >= 4 is 57.2 Å². The van der Waals surface area contributed by atoms with E-state index in [4.69, 9.17) is 34.8 Å². The first-order chi connectivity index (χ1) is 9.91. The first-order valence-corrected chi connectivity index (χ1v) is 9.37. The van der Waals surface area contributed by atoms with Crippen LogP contribution in [0, 0.1) is 0 Å². The van der Waals surface area contributed by atoms with E-state index in [1.54, 1.807) is 4.31 Å². The van der Waals surface area contributed by atoms with E-state index in [2.05, 4.69) is 5.32 Å². The van der Waals surface area contributed by atoms with E-state index >= 15 is 0 Å². The minimum absolute atomic E-state index is 0. The van der Waals surface area contributed by atoms with Crippen molar-refractivity contribution in [3.63, 3.8) is 0 Å². The molecular formula is C13H16Cl4N2O2S.